The lowest BCUT2D eigenvalue weighted by atomic mass is 10.2. The average Bonchev–Trinajstić information content (AvgIpc) is 2.42. The summed E-state index contributed by atoms with van der Waals surface area (Å²) in [6, 6.07) is 11.3. The van der Waals surface area contributed by atoms with Gasteiger partial charge in [0.2, 0.25) is 5.91 Å². The molecule has 2 nitrogen and oxygen atoms in total. The van der Waals surface area contributed by atoms with Crippen molar-refractivity contribution in [1.29, 1.82) is 0 Å². The Morgan fingerprint density at radius 3 is 2.55 bits per heavy atom. The maximum atomic E-state index is 12.7. The van der Waals surface area contributed by atoms with Crippen LogP contribution in [0.4, 0.5) is 10.1 Å². The molecule has 2 aromatic carbocycles. The molecule has 0 bridgehead atoms. The predicted molar refractivity (Wildman–Crippen MR) is 80.3 cm³/mol. The van der Waals surface area contributed by atoms with Crippen LogP contribution in [-0.2, 0) is 4.79 Å². The number of nitrogens with one attached hydrogen (secondary N) is 1. The van der Waals surface area contributed by atoms with Crippen molar-refractivity contribution < 1.29 is 9.18 Å². The molecule has 0 saturated heterocycles. The zero-order valence-electron chi connectivity index (χ0n) is 10.9. The lowest BCUT2D eigenvalue weighted by Crippen LogP contribution is -2.09. The van der Waals surface area contributed by atoms with Gasteiger partial charge < -0.3 is 5.32 Å². The van der Waals surface area contributed by atoms with Crippen molar-refractivity contribution >= 4 is 29.3 Å². The maximum Gasteiger partial charge on any atom is 0.248 e. The molecule has 4 heteroatoms. The Balaban J connectivity index is 2.07. The fourth-order valence-corrected chi connectivity index (χ4v) is 1.97. The Hall–Kier alpha value is -2.13. The molecule has 0 unspecified atom stereocenters. The summed E-state index contributed by atoms with van der Waals surface area (Å²) in [5.74, 6) is -0.594. The van der Waals surface area contributed by atoms with Gasteiger partial charge in [0, 0.05) is 6.08 Å². The number of rotatable bonds is 3. The molecule has 20 heavy (non-hydrogen) atoms. The van der Waals surface area contributed by atoms with Gasteiger partial charge in [0.15, 0.2) is 0 Å². The van der Waals surface area contributed by atoms with Crippen LogP contribution in [-0.4, -0.2) is 5.91 Å². The molecule has 0 atom stereocenters. The normalized spacial score (nSPS) is 10.8. The third-order valence-corrected chi connectivity index (χ3v) is 3.08. The van der Waals surface area contributed by atoms with Crippen LogP contribution in [0.2, 0.25) is 5.02 Å². The van der Waals surface area contributed by atoms with Gasteiger partial charge in [-0.15, -0.1) is 0 Å². The van der Waals surface area contributed by atoms with Crippen LogP contribution in [0.1, 0.15) is 11.1 Å². The molecule has 1 amide bonds. The SMILES string of the molecule is Cc1cccc(Cl)c1NC(=O)/C=C/c1ccc(F)cc1. The molecule has 2 rings (SSSR count). The molecule has 0 fully saturated rings. The van der Waals surface area contributed by atoms with Gasteiger partial charge in [-0.2, -0.15) is 0 Å². The van der Waals surface area contributed by atoms with Gasteiger partial charge in [0.05, 0.1) is 10.7 Å². The van der Waals surface area contributed by atoms with E-state index < -0.39 is 0 Å². The smallest absolute Gasteiger partial charge is 0.248 e. The van der Waals surface area contributed by atoms with Crippen LogP contribution in [0.5, 0.6) is 0 Å². The van der Waals surface area contributed by atoms with E-state index in [1.54, 1.807) is 24.3 Å². The second-order valence-corrected chi connectivity index (χ2v) is 4.71. The predicted octanol–water partition coefficient (Wildman–Crippen LogP) is 4.44. The Morgan fingerprint density at radius 2 is 1.90 bits per heavy atom. The number of hydrogen-bond donors (Lipinski definition) is 1. The summed E-state index contributed by atoms with van der Waals surface area (Å²) in [5.41, 5.74) is 2.24. The van der Waals surface area contributed by atoms with E-state index in [1.165, 1.54) is 18.2 Å². The molecule has 0 aromatic heterocycles. The molecule has 0 radical (unpaired) electrons. The van der Waals surface area contributed by atoms with Crippen LogP contribution >= 0.6 is 11.6 Å². The highest BCUT2D eigenvalue weighted by Gasteiger charge is 2.05. The summed E-state index contributed by atoms with van der Waals surface area (Å²) < 4.78 is 12.7. The Kier molecular flexibility index (Phi) is 4.53. The van der Waals surface area contributed by atoms with Gasteiger partial charge in [-0.05, 0) is 42.3 Å². The highest BCUT2D eigenvalue weighted by molar-refractivity contribution is 6.34. The average molecular weight is 290 g/mol. The van der Waals surface area contributed by atoms with Crippen molar-refractivity contribution in [1.82, 2.24) is 0 Å². The fraction of sp³-hybridized carbons (Fsp3) is 0.0625. The van der Waals surface area contributed by atoms with Gasteiger partial charge >= 0.3 is 0 Å². The molecule has 102 valence electrons. The van der Waals surface area contributed by atoms with Crippen molar-refractivity contribution in [2.75, 3.05) is 5.32 Å². The van der Waals surface area contributed by atoms with Gasteiger partial charge in [-0.25, -0.2) is 4.39 Å². The third kappa shape index (κ3) is 3.68. The second-order valence-electron chi connectivity index (χ2n) is 4.31. The van der Waals surface area contributed by atoms with Gasteiger partial charge in [-0.1, -0.05) is 35.9 Å². The topological polar surface area (TPSA) is 29.1 Å². The standard InChI is InChI=1S/C16H13ClFNO/c1-11-3-2-4-14(17)16(11)19-15(20)10-7-12-5-8-13(18)9-6-12/h2-10H,1H3,(H,19,20)/b10-7+. The van der Waals surface area contributed by atoms with Gasteiger partial charge in [0.25, 0.3) is 0 Å². The summed E-state index contributed by atoms with van der Waals surface area (Å²) in [4.78, 5) is 11.8. The summed E-state index contributed by atoms with van der Waals surface area (Å²) in [6.07, 6.45) is 3.00. The van der Waals surface area contributed by atoms with E-state index in [4.69, 9.17) is 11.6 Å². The molecule has 0 heterocycles. The van der Waals surface area contributed by atoms with E-state index in [0.717, 1.165) is 11.1 Å². The number of benzene rings is 2. The quantitative estimate of drug-likeness (QED) is 0.832. The molecule has 0 aliphatic heterocycles. The Labute approximate surface area is 121 Å². The number of aryl methyl sites for hydroxylation is 1. The highest BCUT2D eigenvalue weighted by atomic mass is 35.5. The summed E-state index contributed by atoms with van der Waals surface area (Å²) >= 11 is 6.03. The van der Waals surface area contributed by atoms with Crippen LogP contribution in [0.25, 0.3) is 6.08 Å². The maximum absolute atomic E-state index is 12.7. The first-order chi connectivity index (χ1) is 9.56. The first-order valence-corrected chi connectivity index (χ1v) is 6.44. The molecule has 0 aliphatic rings. The van der Waals surface area contributed by atoms with E-state index in [9.17, 15) is 9.18 Å². The third-order valence-electron chi connectivity index (χ3n) is 2.77. The number of amides is 1. The van der Waals surface area contributed by atoms with E-state index >= 15 is 0 Å². The summed E-state index contributed by atoms with van der Waals surface area (Å²) in [7, 11) is 0. The van der Waals surface area contributed by atoms with Gasteiger partial charge in [-0.3, -0.25) is 4.79 Å². The number of para-hydroxylation sites is 1. The van der Waals surface area contributed by atoms with Crippen molar-refractivity contribution in [3.63, 3.8) is 0 Å². The zero-order valence-corrected chi connectivity index (χ0v) is 11.6. The largest absolute Gasteiger partial charge is 0.321 e. The van der Waals surface area contributed by atoms with E-state index in [2.05, 4.69) is 5.32 Å². The molecule has 0 saturated carbocycles. The zero-order chi connectivity index (χ0) is 14.5. The number of carbonyl (C=O) groups is 1. The minimum atomic E-state index is -0.307. The Bertz CT molecular complexity index is 630. The molecular formula is C16H13ClFNO. The minimum absolute atomic E-state index is 0.287. The number of hydrogen-bond acceptors (Lipinski definition) is 1. The minimum Gasteiger partial charge on any atom is -0.321 e. The summed E-state index contributed by atoms with van der Waals surface area (Å²) in [6.45, 7) is 1.87. The highest BCUT2D eigenvalue weighted by Crippen LogP contribution is 2.25. The Morgan fingerprint density at radius 1 is 1.20 bits per heavy atom. The van der Waals surface area contributed by atoms with Crippen molar-refractivity contribution in [2.24, 2.45) is 0 Å². The molecule has 1 N–H and O–H groups in total. The van der Waals surface area contributed by atoms with Crippen LogP contribution in [0, 0.1) is 12.7 Å². The van der Waals surface area contributed by atoms with Crippen molar-refractivity contribution in [3.05, 3.63) is 70.5 Å². The molecule has 0 spiro atoms. The monoisotopic (exact) mass is 289 g/mol. The summed E-state index contributed by atoms with van der Waals surface area (Å²) in [5, 5.41) is 3.22. The lowest BCUT2D eigenvalue weighted by Gasteiger charge is -2.08. The van der Waals surface area contributed by atoms with Crippen molar-refractivity contribution in [2.45, 2.75) is 6.92 Å². The fourth-order valence-electron chi connectivity index (χ4n) is 1.70. The van der Waals surface area contributed by atoms with Crippen molar-refractivity contribution in [3.8, 4) is 0 Å². The molecule has 2 aromatic rings. The van der Waals surface area contributed by atoms with E-state index in [1.807, 2.05) is 19.1 Å². The second kappa shape index (κ2) is 6.35. The van der Waals surface area contributed by atoms with E-state index in [-0.39, 0.29) is 11.7 Å². The number of halogens is 2. The van der Waals surface area contributed by atoms with E-state index in [0.29, 0.717) is 10.7 Å². The molecule has 0 aliphatic carbocycles. The van der Waals surface area contributed by atoms with Crippen LogP contribution < -0.4 is 5.32 Å². The van der Waals surface area contributed by atoms with Crippen LogP contribution in [0.3, 0.4) is 0 Å². The first-order valence-electron chi connectivity index (χ1n) is 6.06. The number of carbonyl (C=O) groups excluding carboxylic acids is 1. The first kappa shape index (κ1) is 14.3. The van der Waals surface area contributed by atoms with Crippen LogP contribution in [0.15, 0.2) is 48.5 Å². The van der Waals surface area contributed by atoms with Gasteiger partial charge in [0.1, 0.15) is 5.82 Å². The lowest BCUT2D eigenvalue weighted by molar-refractivity contribution is -0.111. The molecular weight excluding hydrogens is 277 g/mol. The number of anilines is 1.